The Kier molecular flexibility index (Phi) is 3.09. The van der Waals surface area contributed by atoms with Gasteiger partial charge < -0.3 is 4.42 Å². The first kappa shape index (κ1) is 9.04. The lowest BCUT2D eigenvalue weighted by Crippen LogP contribution is -2.23. The van der Waals surface area contributed by atoms with Crippen LogP contribution in [0.25, 0.3) is 12.2 Å². The molecule has 1 aliphatic rings. The van der Waals surface area contributed by atoms with Gasteiger partial charge in [-0.1, -0.05) is 19.9 Å². The fourth-order valence-corrected chi connectivity index (χ4v) is 1.19. The van der Waals surface area contributed by atoms with E-state index in [-0.39, 0.29) is 0 Å². The number of aromatic nitrogens is 1. The monoisotopic (exact) mass is 165 g/mol. The van der Waals surface area contributed by atoms with E-state index in [4.69, 9.17) is 4.42 Å². The lowest BCUT2D eigenvalue weighted by molar-refractivity contribution is 0.490. The van der Waals surface area contributed by atoms with E-state index >= 15 is 0 Å². The highest BCUT2D eigenvalue weighted by atomic mass is 16.3. The Labute approximate surface area is 72.6 Å². The Bertz CT molecular complexity index is 315. The average Bonchev–Trinajstić information content (AvgIpc) is 2.48. The molecule has 0 unspecified atom stereocenters. The van der Waals surface area contributed by atoms with E-state index in [1.165, 1.54) is 0 Å². The molecule has 0 saturated carbocycles. The number of oxazole rings is 1. The van der Waals surface area contributed by atoms with Gasteiger partial charge in [0.05, 0.1) is 0 Å². The Morgan fingerprint density at radius 2 is 1.92 bits per heavy atom. The molecule has 0 aliphatic heterocycles. The highest BCUT2D eigenvalue weighted by Crippen LogP contribution is 1.94. The minimum absolute atomic E-state index is 0.763. The summed E-state index contributed by atoms with van der Waals surface area (Å²) in [4.78, 5) is 4.20. The largest absolute Gasteiger partial charge is 0.441 e. The molecular formula is C10H15NO. The smallest absolute Gasteiger partial charge is 0.192 e. The van der Waals surface area contributed by atoms with Crippen molar-refractivity contribution in [1.29, 1.82) is 0 Å². The molecule has 2 nitrogen and oxygen atoms in total. The number of hydrogen-bond donors (Lipinski definition) is 0. The standard InChI is InChI=1S/C8H9NO.C2H6/c1-6-9-7-4-2-3-5-8(7)10-6;1-2/h4-5H,2-3H2,1H3;1-2H3. The zero-order valence-corrected chi connectivity index (χ0v) is 7.92. The summed E-state index contributed by atoms with van der Waals surface area (Å²) in [6, 6.07) is 0. The third-order valence-electron chi connectivity index (χ3n) is 1.62. The summed E-state index contributed by atoms with van der Waals surface area (Å²) in [5.41, 5.74) is 0.948. The van der Waals surface area contributed by atoms with Crippen LogP contribution in [0.1, 0.15) is 32.6 Å². The average molecular weight is 165 g/mol. The summed E-state index contributed by atoms with van der Waals surface area (Å²) in [7, 11) is 0. The Morgan fingerprint density at radius 3 is 2.58 bits per heavy atom. The van der Waals surface area contributed by atoms with E-state index in [0.29, 0.717) is 0 Å². The molecule has 12 heavy (non-hydrogen) atoms. The molecule has 0 radical (unpaired) electrons. The highest BCUT2D eigenvalue weighted by molar-refractivity contribution is 5.31. The molecule has 1 aliphatic carbocycles. The second-order valence-electron chi connectivity index (χ2n) is 2.47. The van der Waals surface area contributed by atoms with Crippen molar-refractivity contribution in [2.75, 3.05) is 0 Å². The van der Waals surface area contributed by atoms with Crippen molar-refractivity contribution in [3.8, 4) is 0 Å². The zero-order chi connectivity index (χ0) is 8.97. The van der Waals surface area contributed by atoms with Crippen LogP contribution >= 0.6 is 0 Å². The lowest BCUT2D eigenvalue weighted by atomic mass is 10.2. The summed E-state index contributed by atoms with van der Waals surface area (Å²) in [5, 5.41) is 1.02. The maximum absolute atomic E-state index is 5.31. The molecule has 0 fully saturated rings. The van der Waals surface area contributed by atoms with Crippen LogP contribution in [0.4, 0.5) is 0 Å². The number of aryl methyl sites for hydroxylation is 1. The van der Waals surface area contributed by atoms with Crippen molar-refractivity contribution in [3.05, 3.63) is 16.7 Å². The Balaban J connectivity index is 0.000000336. The fourth-order valence-electron chi connectivity index (χ4n) is 1.19. The molecule has 1 aromatic rings. The zero-order valence-electron chi connectivity index (χ0n) is 7.92. The van der Waals surface area contributed by atoms with Gasteiger partial charge in [0.25, 0.3) is 0 Å². The summed E-state index contributed by atoms with van der Waals surface area (Å²) < 4.78 is 5.31. The first-order valence-electron chi connectivity index (χ1n) is 4.50. The van der Waals surface area contributed by atoms with Gasteiger partial charge in [-0.05, 0) is 18.9 Å². The van der Waals surface area contributed by atoms with Crippen LogP contribution in [-0.4, -0.2) is 4.98 Å². The van der Waals surface area contributed by atoms with Crippen LogP contribution < -0.4 is 10.8 Å². The maximum atomic E-state index is 5.31. The van der Waals surface area contributed by atoms with Gasteiger partial charge in [-0.3, -0.25) is 0 Å². The van der Waals surface area contributed by atoms with Crippen LogP contribution in [0, 0.1) is 6.92 Å². The van der Waals surface area contributed by atoms with Crippen molar-refractivity contribution in [3.63, 3.8) is 0 Å². The van der Waals surface area contributed by atoms with Crippen molar-refractivity contribution < 1.29 is 4.42 Å². The highest BCUT2D eigenvalue weighted by Gasteiger charge is 1.98. The van der Waals surface area contributed by atoms with E-state index in [0.717, 1.165) is 29.5 Å². The summed E-state index contributed by atoms with van der Waals surface area (Å²) in [6.07, 6.45) is 6.39. The van der Waals surface area contributed by atoms with Gasteiger partial charge in [0, 0.05) is 6.92 Å². The molecule has 0 saturated heterocycles. The second-order valence-corrected chi connectivity index (χ2v) is 2.47. The van der Waals surface area contributed by atoms with Crippen LogP contribution in [0.5, 0.6) is 0 Å². The molecule has 2 heteroatoms. The first-order chi connectivity index (χ1) is 5.86. The van der Waals surface area contributed by atoms with E-state index in [1.54, 1.807) is 0 Å². The number of hydrogen-bond acceptors (Lipinski definition) is 2. The van der Waals surface area contributed by atoms with Gasteiger partial charge in [0.1, 0.15) is 5.35 Å². The first-order valence-corrected chi connectivity index (χ1v) is 4.50. The van der Waals surface area contributed by atoms with E-state index in [9.17, 15) is 0 Å². The van der Waals surface area contributed by atoms with Gasteiger partial charge in [0.15, 0.2) is 11.3 Å². The minimum atomic E-state index is 0.763. The van der Waals surface area contributed by atoms with Crippen LogP contribution in [0.15, 0.2) is 4.42 Å². The lowest BCUT2D eigenvalue weighted by Gasteiger charge is -1.88. The molecule has 1 aromatic heterocycles. The predicted octanol–water partition coefficient (Wildman–Crippen LogP) is 1.36. The molecule has 0 N–H and O–H groups in total. The quantitative estimate of drug-likeness (QED) is 0.580. The predicted molar refractivity (Wildman–Crippen MR) is 50.0 cm³/mol. The van der Waals surface area contributed by atoms with Gasteiger partial charge >= 0.3 is 0 Å². The van der Waals surface area contributed by atoms with Gasteiger partial charge in [-0.15, -0.1) is 0 Å². The molecule has 0 bridgehead atoms. The second kappa shape index (κ2) is 4.10. The molecule has 1 heterocycles. The van der Waals surface area contributed by atoms with E-state index in [1.807, 2.05) is 20.8 Å². The van der Waals surface area contributed by atoms with Gasteiger partial charge in [-0.25, -0.2) is 4.98 Å². The number of fused-ring (bicyclic) bond motifs is 1. The summed E-state index contributed by atoms with van der Waals surface area (Å²) in [5.74, 6) is 0.763. The van der Waals surface area contributed by atoms with Gasteiger partial charge in [-0.2, -0.15) is 0 Å². The van der Waals surface area contributed by atoms with Crippen LogP contribution in [0.2, 0.25) is 0 Å². The van der Waals surface area contributed by atoms with Crippen molar-refractivity contribution in [2.24, 2.45) is 0 Å². The summed E-state index contributed by atoms with van der Waals surface area (Å²) in [6.45, 7) is 5.88. The molecular weight excluding hydrogens is 150 g/mol. The molecule has 2 rings (SSSR count). The minimum Gasteiger partial charge on any atom is -0.441 e. The topological polar surface area (TPSA) is 26.0 Å². The van der Waals surface area contributed by atoms with Gasteiger partial charge in [0.2, 0.25) is 0 Å². The molecule has 66 valence electrons. The Morgan fingerprint density at radius 1 is 1.25 bits per heavy atom. The van der Waals surface area contributed by atoms with E-state index < -0.39 is 0 Å². The Hall–Kier alpha value is -1.05. The summed E-state index contributed by atoms with van der Waals surface area (Å²) >= 11 is 0. The third kappa shape index (κ3) is 1.76. The SMILES string of the molecule is CC.Cc1nc2c(o1)=CCCC=2. The molecule has 0 atom stereocenters. The van der Waals surface area contributed by atoms with Crippen LogP contribution in [-0.2, 0) is 0 Å². The number of nitrogens with zero attached hydrogens (tertiary/aromatic N) is 1. The van der Waals surface area contributed by atoms with Crippen molar-refractivity contribution in [2.45, 2.75) is 33.6 Å². The van der Waals surface area contributed by atoms with Crippen LogP contribution in [0.3, 0.4) is 0 Å². The number of rotatable bonds is 0. The fraction of sp³-hybridized carbons (Fsp3) is 0.500. The molecule has 0 amide bonds. The van der Waals surface area contributed by atoms with E-state index in [2.05, 4.69) is 17.1 Å². The van der Waals surface area contributed by atoms with Crippen molar-refractivity contribution >= 4 is 12.2 Å². The maximum Gasteiger partial charge on any atom is 0.192 e. The third-order valence-corrected chi connectivity index (χ3v) is 1.62. The molecule has 0 spiro atoms. The van der Waals surface area contributed by atoms with Crippen molar-refractivity contribution in [1.82, 2.24) is 4.98 Å². The normalized spacial score (nSPS) is 13.2. The molecule has 0 aromatic carbocycles.